The Bertz CT molecular complexity index is 675. The lowest BCUT2D eigenvalue weighted by Crippen LogP contribution is -2.28. The maximum Gasteiger partial charge on any atom is 0.226 e. The van der Waals surface area contributed by atoms with Crippen molar-refractivity contribution in [2.24, 2.45) is 5.92 Å². The molecule has 24 heavy (non-hydrogen) atoms. The second-order valence-corrected chi connectivity index (χ2v) is 6.96. The van der Waals surface area contributed by atoms with Crippen LogP contribution in [0, 0.1) is 5.92 Å². The van der Waals surface area contributed by atoms with Crippen molar-refractivity contribution in [1.29, 1.82) is 0 Å². The molecule has 0 saturated carbocycles. The number of carbonyl (C=O) groups is 1. The summed E-state index contributed by atoms with van der Waals surface area (Å²) in [5.74, 6) is 0.749. The fraction of sp³-hybridized carbons (Fsp3) is 0.368. The van der Waals surface area contributed by atoms with Crippen molar-refractivity contribution in [3.63, 3.8) is 0 Å². The number of thiazole rings is 1. The molecule has 5 heteroatoms. The Morgan fingerprint density at radius 3 is 2.83 bits per heavy atom. The van der Waals surface area contributed by atoms with Crippen LogP contribution in [0.15, 0.2) is 35.7 Å². The van der Waals surface area contributed by atoms with Gasteiger partial charge in [0.05, 0.1) is 5.69 Å². The zero-order chi connectivity index (χ0) is 16.6. The lowest BCUT2D eigenvalue weighted by molar-refractivity contribution is -0.116. The normalized spacial score (nSPS) is 15.7. The summed E-state index contributed by atoms with van der Waals surface area (Å²) in [6, 6.07) is 10.1. The molecule has 1 aliphatic rings. The van der Waals surface area contributed by atoms with E-state index in [9.17, 15) is 4.79 Å². The number of benzene rings is 1. The first-order valence-corrected chi connectivity index (χ1v) is 9.37. The molecular formula is C19H23N3OS. The van der Waals surface area contributed by atoms with Gasteiger partial charge in [0.2, 0.25) is 5.91 Å². The molecule has 2 heterocycles. The van der Waals surface area contributed by atoms with Crippen LogP contribution in [-0.2, 0) is 4.79 Å². The molecule has 1 aromatic heterocycles. The zero-order valence-corrected chi connectivity index (χ0v) is 14.5. The van der Waals surface area contributed by atoms with Gasteiger partial charge in [-0.15, -0.1) is 11.3 Å². The van der Waals surface area contributed by atoms with E-state index in [0.717, 1.165) is 30.8 Å². The number of nitrogens with zero attached hydrogens (tertiary/aromatic N) is 1. The first kappa shape index (κ1) is 16.9. The molecule has 0 radical (unpaired) electrons. The molecular weight excluding hydrogens is 318 g/mol. The van der Waals surface area contributed by atoms with Gasteiger partial charge in [0.1, 0.15) is 0 Å². The highest BCUT2D eigenvalue weighted by atomic mass is 32.1. The summed E-state index contributed by atoms with van der Waals surface area (Å²) in [7, 11) is 0. The van der Waals surface area contributed by atoms with Gasteiger partial charge >= 0.3 is 0 Å². The summed E-state index contributed by atoms with van der Waals surface area (Å²) in [5.41, 5.74) is 2.01. The van der Waals surface area contributed by atoms with Gasteiger partial charge in [0.25, 0.3) is 0 Å². The van der Waals surface area contributed by atoms with Gasteiger partial charge < -0.3 is 10.6 Å². The van der Waals surface area contributed by atoms with Gasteiger partial charge in [-0.1, -0.05) is 36.4 Å². The average Bonchev–Trinajstić information content (AvgIpc) is 3.07. The van der Waals surface area contributed by atoms with Crippen molar-refractivity contribution in [1.82, 2.24) is 10.3 Å². The molecule has 0 bridgehead atoms. The number of nitrogens with one attached hydrogen (secondary N) is 2. The van der Waals surface area contributed by atoms with E-state index in [4.69, 9.17) is 0 Å². The van der Waals surface area contributed by atoms with Gasteiger partial charge in [-0.05, 0) is 49.9 Å². The smallest absolute Gasteiger partial charge is 0.226 e. The van der Waals surface area contributed by atoms with Gasteiger partial charge in [-0.2, -0.15) is 0 Å². The molecule has 0 spiro atoms. The standard InChI is InChI=1S/C19H23N3OS/c23-18(9-7-16-10-12-20-13-11-16)22-19-21-17(14-24-19)8-6-15-4-2-1-3-5-15/h1-6,8,14,16,20H,7,9-13H2,(H,21,22,23)/b8-6+. The van der Waals surface area contributed by atoms with Gasteiger partial charge in [-0.25, -0.2) is 4.98 Å². The summed E-state index contributed by atoms with van der Waals surface area (Å²) in [6.45, 7) is 2.16. The molecule has 1 saturated heterocycles. The Hall–Kier alpha value is -1.98. The highest BCUT2D eigenvalue weighted by Gasteiger charge is 2.15. The second-order valence-electron chi connectivity index (χ2n) is 6.10. The van der Waals surface area contributed by atoms with Crippen molar-refractivity contribution in [2.75, 3.05) is 18.4 Å². The molecule has 0 atom stereocenters. The summed E-state index contributed by atoms with van der Waals surface area (Å²) in [6.07, 6.45) is 7.91. The Labute approximate surface area is 147 Å². The Morgan fingerprint density at radius 1 is 1.25 bits per heavy atom. The van der Waals surface area contributed by atoms with Crippen molar-refractivity contribution in [3.05, 3.63) is 47.0 Å². The number of amides is 1. The third-order valence-electron chi connectivity index (χ3n) is 4.25. The van der Waals surface area contributed by atoms with E-state index in [0.29, 0.717) is 17.5 Å². The van der Waals surface area contributed by atoms with Crippen LogP contribution < -0.4 is 10.6 Å². The van der Waals surface area contributed by atoms with E-state index in [2.05, 4.69) is 15.6 Å². The zero-order valence-electron chi connectivity index (χ0n) is 13.7. The maximum atomic E-state index is 12.1. The van der Waals surface area contributed by atoms with Crippen LogP contribution in [0.3, 0.4) is 0 Å². The molecule has 1 fully saturated rings. The number of piperidine rings is 1. The lowest BCUT2D eigenvalue weighted by atomic mass is 9.93. The van der Waals surface area contributed by atoms with Gasteiger partial charge in [-0.3, -0.25) is 4.79 Å². The fourth-order valence-corrected chi connectivity index (χ4v) is 3.55. The number of hydrogen-bond donors (Lipinski definition) is 2. The van der Waals surface area contributed by atoms with Crippen molar-refractivity contribution in [2.45, 2.75) is 25.7 Å². The van der Waals surface area contributed by atoms with Gasteiger partial charge in [0.15, 0.2) is 5.13 Å². The first-order chi connectivity index (χ1) is 11.8. The molecule has 0 aliphatic carbocycles. The van der Waals surface area contributed by atoms with Crippen molar-refractivity contribution in [3.8, 4) is 0 Å². The lowest BCUT2D eigenvalue weighted by Gasteiger charge is -2.21. The van der Waals surface area contributed by atoms with Crippen LogP contribution in [0.25, 0.3) is 12.2 Å². The predicted molar refractivity (Wildman–Crippen MR) is 101 cm³/mol. The largest absolute Gasteiger partial charge is 0.317 e. The number of rotatable bonds is 6. The third-order valence-corrected chi connectivity index (χ3v) is 5.03. The van der Waals surface area contributed by atoms with Crippen LogP contribution >= 0.6 is 11.3 Å². The number of hydrogen-bond acceptors (Lipinski definition) is 4. The van der Waals surface area contributed by atoms with E-state index in [1.165, 1.54) is 24.2 Å². The van der Waals surface area contributed by atoms with E-state index < -0.39 is 0 Å². The molecule has 1 aliphatic heterocycles. The minimum absolute atomic E-state index is 0.0708. The molecule has 1 amide bonds. The molecule has 1 aromatic carbocycles. The maximum absolute atomic E-state index is 12.1. The number of carbonyl (C=O) groups excluding carboxylic acids is 1. The van der Waals surface area contributed by atoms with Gasteiger partial charge in [0, 0.05) is 11.8 Å². The highest BCUT2D eigenvalue weighted by molar-refractivity contribution is 7.14. The third kappa shape index (κ3) is 5.28. The quantitative estimate of drug-likeness (QED) is 0.834. The van der Waals surface area contributed by atoms with Crippen LogP contribution in [0.4, 0.5) is 5.13 Å². The van der Waals surface area contributed by atoms with Crippen molar-refractivity contribution >= 4 is 34.5 Å². The van der Waals surface area contributed by atoms with E-state index >= 15 is 0 Å². The van der Waals surface area contributed by atoms with E-state index in [1.807, 2.05) is 47.9 Å². The second kappa shape index (κ2) is 8.76. The molecule has 126 valence electrons. The monoisotopic (exact) mass is 341 g/mol. The Balaban J connectivity index is 1.46. The molecule has 2 aromatic rings. The molecule has 3 rings (SSSR count). The summed E-state index contributed by atoms with van der Waals surface area (Å²) >= 11 is 1.47. The predicted octanol–water partition coefficient (Wildman–Crippen LogP) is 4.03. The van der Waals surface area contributed by atoms with Crippen LogP contribution in [0.2, 0.25) is 0 Å². The van der Waals surface area contributed by atoms with Crippen LogP contribution in [0.5, 0.6) is 0 Å². The van der Waals surface area contributed by atoms with Crippen LogP contribution in [-0.4, -0.2) is 24.0 Å². The number of anilines is 1. The molecule has 2 N–H and O–H groups in total. The topological polar surface area (TPSA) is 54.0 Å². The Morgan fingerprint density at radius 2 is 2.04 bits per heavy atom. The van der Waals surface area contributed by atoms with E-state index in [1.54, 1.807) is 0 Å². The minimum atomic E-state index is 0.0708. The van der Waals surface area contributed by atoms with Crippen molar-refractivity contribution < 1.29 is 4.79 Å². The molecule has 0 unspecified atom stereocenters. The van der Waals surface area contributed by atoms with E-state index in [-0.39, 0.29) is 5.91 Å². The SMILES string of the molecule is O=C(CCC1CCNCC1)Nc1nc(/C=C/c2ccccc2)cs1. The highest BCUT2D eigenvalue weighted by Crippen LogP contribution is 2.20. The Kier molecular flexibility index (Phi) is 6.15. The molecule has 4 nitrogen and oxygen atoms in total. The fourth-order valence-electron chi connectivity index (χ4n) is 2.85. The average molecular weight is 341 g/mol. The first-order valence-electron chi connectivity index (χ1n) is 8.49. The number of aromatic nitrogens is 1. The van der Waals surface area contributed by atoms with Crippen LogP contribution in [0.1, 0.15) is 36.9 Å². The summed E-state index contributed by atoms with van der Waals surface area (Å²) < 4.78 is 0. The summed E-state index contributed by atoms with van der Waals surface area (Å²) in [4.78, 5) is 16.5. The summed E-state index contributed by atoms with van der Waals surface area (Å²) in [5, 5.41) is 8.91. The minimum Gasteiger partial charge on any atom is -0.317 e.